The number of aliphatic hydroxyl groups is 1. The van der Waals surface area contributed by atoms with Gasteiger partial charge in [-0.3, -0.25) is 4.79 Å². The maximum Gasteiger partial charge on any atom is 0.320 e. The van der Waals surface area contributed by atoms with E-state index < -0.39 is 17.5 Å². The van der Waals surface area contributed by atoms with Crippen molar-refractivity contribution in [3.63, 3.8) is 0 Å². The van der Waals surface area contributed by atoms with Crippen LogP contribution in [-0.4, -0.2) is 64.3 Å². The minimum absolute atomic E-state index is 0.00949. The van der Waals surface area contributed by atoms with Crippen molar-refractivity contribution in [3.05, 3.63) is 0 Å². The van der Waals surface area contributed by atoms with Crippen molar-refractivity contribution >= 4 is 12.0 Å². The Balaban J connectivity index is 2.04. The molecule has 2 aliphatic rings. The molecule has 0 radical (unpaired) electrons. The summed E-state index contributed by atoms with van der Waals surface area (Å²) in [6.45, 7) is 5.55. The van der Waals surface area contributed by atoms with E-state index in [2.05, 4.69) is 0 Å². The molecule has 6 heteroatoms. The van der Waals surface area contributed by atoms with Crippen molar-refractivity contribution in [3.8, 4) is 0 Å². The van der Waals surface area contributed by atoms with Gasteiger partial charge in [0.05, 0.1) is 11.5 Å². The number of aliphatic hydroxyl groups excluding tert-OH is 1. The van der Waals surface area contributed by atoms with Crippen LogP contribution < -0.4 is 0 Å². The predicted molar refractivity (Wildman–Crippen MR) is 73.3 cm³/mol. The lowest BCUT2D eigenvalue weighted by atomic mass is 9.76. The Bertz CT molecular complexity index is 399. The highest BCUT2D eigenvalue weighted by Gasteiger charge is 2.49. The number of amides is 2. The van der Waals surface area contributed by atoms with Gasteiger partial charge in [-0.1, -0.05) is 13.8 Å². The van der Waals surface area contributed by atoms with Gasteiger partial charge >= 0.3 is 12.0 Å². The lowest BCUT2D eigenvalue weighted by Gasteiger charge is -2.34. The second kappa shape index (κ2) is 5.60. The van der Waals surface area contributed by atoms with Crippen LogP contribution in [0.15, 0.2) is 0 Å². The maximum absolute atomic E-state index is 12.4. The number of likely N-dealkylation sites (tertiary alicyclic amines) is 2. The molecule has 0 aromatic heterocycles. The summed E-state index contributed by atoms with van der Waals surface area (Å²) >= 11 is 0. The molecule has 2 N–H and O–H groups in total. The molecule has 114 valence electrons. The van der Waals surface area contributed by atoms with Gasteiger partial charge in [-0.15, -0.1) is 0 Å². The summed E-state index contributed by atoms with van der Waals surface area (Å²) in [4.78, 5) is 27.3. The molecule has 2 saturated heterocycles. The minimum Gasteiger partial charge on any atom is -0.481 e. The van der Waals surface area contributed by atoms with Gasteiger partial charge in [0, 0.05) is 26.2 Å². The number of β-amino-alcohol motifs (C(OH)–C–C–N with tert-alkyl or cyclic N) is 1. The number of rotatable bonds is 2. The molecule has 2 aliphatic heterocycles. The Morgan fingerprint density at radius 1 is 1.25 bits per heavy atom. The van der Waals surface area contributed by atoms with Crippen LogP contribution in [-0.2, 0) is 4.79 Å². The van der Waals surface area contributed by atoms with Gasteiger partial charge < -0.3 is 20.0 Å². The Labute approximate surface area is 119 Å². The predicted octanol–water partition coefficient (Wildman–Crippen LogP) is 0.996. The second-order valence-electron chi connectivity index (χ2n) is 6.31. The van der Waals surface area contributed by atoms with Crippen molar-refractivity contribution in [1.82, 2.24) is 9.80 Å². The standard InChI is InChI=1S/C14H24N2O4/c1-10(2)14(12(18)19)5-7-16(9-14)13(20)15-6-3-4-11(17)8-15/h10-11,17H,3-9H2,1-2H3,(H,18,19). The molecule has 2 heterocycles. The van der Waals surface area contributed by atoms with E-state index in [0.29, 0.717) is 26.1 Å². The molecule has 0 spiro atoms. The first kappa shape index (κ1) is 15.1. The van der Waals surface area contributed by atoms with Crippen molar-refractivity contribution in [2.45, 2.75) is 39.2 Å². The number of urea groups is 1. The molecule has 0 bridgehead atoms. The smallest absolute Gasteiger partial charge is 0.320 e. The van der Waals surface area contributed by atoms with Crippen LogP contribution in [0.1, 0.15) is 33.1 Å². The molecule has 0 aliphatic carbocycles. The monoisotopic (exact) mass is 284 g/mol. The third-order valence-electron chi connectivity index (χ3n) is 4.77. The zero-order valence-electron chi connectivity index (χ0n) is 12.2. The van der Waals surface area contributed by atoms with E-state index in [1.54, 1.807) is 9.80 Å². The lowest BCUT2D eigenvalue weighted by molar-refractivity contribution is -0.150. The van der Waals surface area contributed by atoms with Crippen LogP contribution >= 0.6 is 0 Å². The van der Waals surface area contributed by atoms with E-state index in [0.717, 1.165) is 12.8 Å². The third kappa shape index (κ3) is 2.61. The zero-order chi connectivity index (χ0) is 14.9. The number of hydrogen-bond donors (Lipinski definition) is 2. The van der Waals surface area contributed by atoms with Crippen molar-refractivity contribution in [2.24, 2.45) is 11.3 Å². The van der Waals surface area contributed by atoms with Crippen LogP contribution in [0, 0.1) is 11.3 Å². The highest BCUT2D eigenvalue weighted by atomic mass is 16.4. The van der Waals surface area contributed by atoms with Gasteiger partial charge in [-0.2, -0.15) is 0 Å². The Morgan fingerprint density at radius 3 is 2.45 bits per heavy atom. The Kier molecular flexibility index (Phi) is 4.22. The first-order chi connectivity index (χ1) is 9.36. The summed E-state index contributed by atoms with van der Waals surface area (Å²) in [7, 11) is 0. The molecule has 2 fully saturated rings. The zero-order valence-corrected chi connectivity index (χ0v) is 12.2. The molecular formula is C14H24N2O4. The van der Waals surface area contributed by atoms with E-state index in [9.17, 15) is 19.8 Å². The number of carbonyl (C=O) groups excluding carboxylic acids is 1. The number of nitrogens with zero attached hydrogens (tertiary/aromatic N) is 2. The van der Waals surface area contributed by atoms with Crippen molar-refractivity contribution < 1.29 is 19.8 Å². The van der Waals surface area contributed by atoms with E-state index >= 15 is 0 Å². The van der Waals surface area contributed by atoms with Crippen molar-refractivity contribution in [2.75, 3.05) is 26.2 Å². The number of carbonyl (C=O) groups is 2. The average molecular weight is 284 g/mol. The van der Waals surface area contributed by atoms with Gasteiger partial charge in [0.25, 0.3) is 0 Å². The van der Waals surface area contributed by atoms with E-state index in [4.69, 9.17) is 0 Å². The molecule has 0 saturated carbocycles. The highest BCUT2D eigenvalue weighted by Crippen LogP contribution is 2.38. The van der Waals surface area contributed by atoms with Crippen molar-refractivity contribution in [1.29, 1.82) is 0 Å². The van der Waals surface area contributed by atoms with E-state index in [1.165, 1.54) is 0 Å². The first-order valence-electron chi connectivity index (χ1n) is 7.32. The number of aliphatic carboxylic acids is 1. The fourth-order valence-electron chi connectivity index (χ4n) is 3.22. The summed E-state index contributed by atoms with van der Waals surface area (Å²) in [5, 5.41) is 19.1. The van der Waals surface area contributed by atoms with Gasteiger partial charge in [0.1, 0.15) is 0 Å². The number of carboxylic acids is 1. The topological polar surface area (TPSA) is 81.1 Å². The summed E-state index contributed by atoms with van der Waals surface area (Å²) in [5.41, 5.74) is -0.829. The third-order valence-corrected chi connectivity index (χ3v) is 4.77. The van der Waals surface area contributed by atoms with Gasteiger partial charge in [0.2, 0.25) is 0 Å². The van der Waals surface area contributed by atoms with Crippen LogP contribution in [0.5, 0.6) is 0 Å². The summed E-state index contributed by atoms with van der Waals surface area (Å²) in [6.07, 6.45) is 1.58. The molecule has 2 amide bonds. The molecule has 20 heavy (non-hydrogen) atoms. The van der Waals surface area contributed by atoms with Crippen LogP contribution in [0.3, 0.4) is 0 Å². The van der Waals surface area contributed by atoms with E-state index in [1.807, 2.05) is 13.8 Å². The summed E-state index contributed by atoms with van der Waals surface area (Å²) in [5.74, 6) is -0.828. The van der Waals surface area contributed by atoms with Crippen LogP contribution in [0.25, 0.3) is 0 Å². The number of piperidine rings is 1. The van der Waals surface area contributed by atoms with Gasteiger partial charge in [-0.25, -0.2) is 4.79 Å². The maximum atomic E-state index is 12.4. The largest absolute Gasteiger partial charge is 0.481 e. The highest BCUT2D eigenvalue weighted by molar-refractivity contribution is 5.80. The van der Waals surface area contributed by atoms with Gasteiger partial charge in [0.15, 0.2) is 0 Å². The summed E-state index contributed by atoms with van der Waals surface area (Å²) in [6, 6.07) is -0.132. The fourth-order valence-corrected chi connectivity index (χ4v) is 3.22. The summed E-state index contributed by atoms with van der Waals surface area (Å²) < 4.78 is 0. The van der Waals surface area contributed by atoms with Crippen LogP contribution in [0.2, 0.25) is 0 Å². The SMILES string of the molecule is CC(C)C1(C(=O)O)CCN(C(=O)N2CCCC(O)C2)C1. The lowest BCUT2D eigenvalue weighted by Crippen LogP contribution is -2.49. The second-order valence-corrected chi connectivity index (χ2v) is 6.31. The van der Waals surface area contributed by atoms with E-state index in [-0.39, 0.29) is 18.5 Å². The quantitative estimate of drug-likeness (QED) is 0.792. The molecule has 0 aromatic carbocycles. The Morgan fingerprint density at radius 2 is 1.95 bits per heavy atom. The minimum atomic E-state index is -0.829. The first-order valence-corrected chi connectivity index (χ1v) is 7.32. The molecule has 0 aromatic rings. The van der Waals surface area contributed by atoms with Crippen LogP contribution in [0.4, 0.5) is 4.79 Å². The molecule has 2 unspecified atom stereocenters. The number of hydrogen-bond acceptors (Lipinski definition) is 3. The molecular weight excluding hydrogens is 260 g/mol. The Hall–Kier alpha value is -1.30. The fraction of sp³-hybridized carbons (Fsp3) is 0.857. The number of carboxylic acid groups (broad SMARTS) is 1. The molecule has 2 rings (SSSR count). The normalized spacial score (nSPS) is 30.9. The van der Waals surface area contributed by atoms with Gasteiger partial charge in [-0.05, 0) is 25.2 Å². The average Bonchev–Trinajstić information content (AvgIpc) is 2.84. The molecule has 6 nitrogen and oxygen atoms in total. The molecule has 2 atom stereocenters.